The molecule has 0 saturated carbocycles. The highest BCUT2D eigenvalue weighted by Crippen LogP contribution is 2.33. The first-order valence-electron chi connectivity index (χ1n) is 7.68. The molecule has 0 aromatic carbocycles. The van der Waals surface area contributed by atoms with Crippen molar-refractivity contribution in [2.45, 2.75) is 17.6 Å². The van der Waals surface area contributed by atoms with Gasteiger partial charge in [-0.05, 0) is 7.05 Å². The number of rotatable bonds is 2. The molecule has 0 bridgehead atoms. The molecule has 0 aliphatic carbocycles. The van der Waals surface area contributed by atoms with Crippen LogP contribution in [0.2, 0.25) is 0 Å². The summed E-state index contributed by atoms with van der Waals surface area (Å²) in [6.07, 6.45) is 1.86. The third kappa shape index (κ3) is 2.53. The van der Waals surface area contributed by atoms with Crippen LogP contribution in [0.25, 0.3) is 11.0 Å². The van der Waals surface area contributed by atoms with Crippen LogP contribution >= 0.6 is 11.8 Å². The fourth-order valence-corrected chi connectivity index (χ4v) is 4.23. The van der Waals surface area contributed by atoms with Crippen LogP contribution in [0.4, 0.5) is 0 Å². The van der Waals surface area contributed by atoms with Gasteiger partial charge in [-0.15, -0.1) is 0 Å². The number of aromatic amines is 1. The number of fused-ring (bicyclic) bond motifs is 2. The average Bonchev–Trinajstić information content (AvgIpc) is 3.16. The molecule has 2 aliphatic heterocycles. The number of piperazine rings is 1. The zero-order chi connectivity index (χ0) is 16.0. The molecule has 0 radical (unpaired) electrons. The summed E-state index contributed by atoms with van der Waals surface area (Å²) < 4.78 is 1.66. The summed E-state index contributed by atoms with van der Waals surface area (Å²) in [6, 6.07) is -0.124. The lowest BCUT2D eigenvalue weighted by Crippen LogP contribution is -2.47. The molecule has 2 aromatic rings. The van der Waals surface area contributed by atoms with Gasteiger partial charge in [-0.25, -0.2) is 4.98 Å². The maximum atomic E-state index is 12.6. The van der Waals surface area contributed by atoms with Crippen LogP contribution in [-0.4, -0.2) is 74.4 Å². The summed E-state index contributed by atoms with van der Waals surface area (Å²) in [5.41, 5.74) is 0.403. The maximum Gasteiger partial charge on any atom is 0.265 e. The number of thioether (sulfide) groups is 1. The van der Waals surface area contributed by atoms with Crippen molar-refractivity contribution in [1.29, 1.82) is 0 Å². The standard InChI is InChI=1S/C14H18N6O2S/c1-18-2-4-19(5-3-18)11(21)6-9-8-23-14-16-12-10(7-15-17-12)13(22)20(9)14/h7,9H,2-6,8H2,1H3,(H,15,17). The Morgan fingerprint density at radius 2 is 2.17 bits per heavy atom. The number of nitrogens with one attached hydrogen (secondary N) is 1. The highest BCUT2D eigenvalue weighted by molar-refractivity contribution is 7.99. The number of hydrogen-bond donors (Lipinski definition) is 1. The predicted octanol–water partition coefficient (Wildman–Crippen LogP) is -0.0695. The van der Waals surface area contributed by atoms with Gasteiger partial charge in [0.25, 0.3) is 5.56 Å². The monoisotopic (exact) mass is 334 g/mol. The zero-order valence-corrected chi connectivity index (χ0v) is 13.7. The summed E-state index contributed by atoms with van der Waals surface area (Å²) in [5.74, 6) is 0.831. The van der Waals surface area contributed by atoms with Crippen molar-refractivity contribution in [2.24, 2.45) is 0 Å². The van der Waals surface area contributed by atoms with E-state index in [1.165, 1.54) is 18.0 Å². The summed E-state index contributed by atoms with van der Waals surface area (Å²) in [4.78, 5) is 33.7. The van der Waals surface area contributed by atoms with E-state index in [4.69, 9.17) is 0 Å². The topological polar surface area (TPSA) is 87.1 Å². The van der Waals surface area contributed by atoms with Crippen molar-refractivity contribution >= 4 is 28.7 Å². The van der Waals surface area contributed by atoms with Gasteiger partial charge in [-0.3, -0.25) is 19.3 Å². The van der Waals surface area contributed by atoms with Crippen molar-refractivity contribution in [2.75, 3.05) is 39.0 Å². The van der Waals surface area contributed by atoms with Crippen LogP contribution < -0.4 is 5.56 Å². The van der Waals surface area contributed by atoms with E-state index in [0.717, 1.165) is 26.2 Å². The van der Waals surface area contributed by atoms with Crippen LogP contribution in [0.3, 0.4) is 0 Å². The van der Waals surface area contributed by atoms with Gasteiger partial charge in [0, 0.05) is 38.4 Å². The fourth-order valence-electron chi connectivity index (χ4n) is 3.09. The predicted molar refractivity (Wildman–Crippen MR) is 86.6 cm³/mol. The number of H-pyrrole nitrogens is 1. The lowest BCUT2D eigenvalue weighted by atomic mass is 10.2. The van der Waals surface area contributed by atoms with Gasteiger partial charge in [0.05, 0.1) is 12.2 Å². The third-order valence-corrected chi connectivity index (χ3v) is 5.62. The fraction of sp³-hybridized carbons (Fsp3) is 0.571. The minimum Gasteiger partial charge on any atom is -0.340 e. The number of carbonyl (C=O) groups excluding carboxylic acids is 1. The smallest absolute Gasteiger partial charge is 0.265 e. The van der Waals surface area contributed by atoms with Gasteiger partial charge >= 0.3 is 0 Å². The first-order chi connectivity index (χ1) is 11.1. The van der Waals surface area contributed by atoms with Gasteiger partial charge in [0.1, 0.15) is 5.39 Å². The van der Waals surface area contributed by atoms with Gasteiger partial charge < -0.3 is 9.80 Å². The Labute approximate surface area is 136 Å². The first-order valence-corrected chi connectivity index (χ1v) is 8.67. The largest absolute Gasteiger partial charge is 0.340 e. The van der Waals surface area contributed by atoms with E-state index in [9.17, 15) is 9.59 Å². The molecule has 9 heteroatoms. The molecule has 0 spiro atoms. The van der Waals surface area contributed by atoms with E-state index >= 15 is 0 Å². The lowest BCUT2D eigenvalue weighted by molar-refractivity contribution is -0.133. The van der Waals surface area contributed by atoms with Crippen molar-refractivity contribution in [1.82, 2.24) is 29.5 Å². The number of nitrogens with zero attached hydrogens (tertiary/aromatic N) is 5. The Hall–Kier alpha value is -1.87. The molecule has 4 rings (SSSR count). The normalized spacial score (nSPS) is 21.8. The van der Waals surface area contributed by atoms with Crippen LogP contribution in [-0.2, 0) is 4.79 Å². The van der Waals surface area contributed by atoms with E-state index in [0.29, 0.717) is 28.4 Å². The zero-order valence-electron chi connectivity index (χ0n) is 12.9. The van der Waals surface area contributed by atoms with Gasteiger partial charge in [0.2, 0.25) is 5.91 Å². The molecular formula is C14H18N6O2S. The van der Waals surface area contributed by atoms with Crippen LogP contribution in [0, 0.1) is 0 Å². The average molecular weight is 334 g/mol. The van der Waals surface area contributed by atoms with Crippen molar-refractivity contribution in [3.8, 4) is 0 Å². The minimum atomic E-state index is -0.124. The molecule has 1 amide bonds. The summed E-state index contributed by atoms with van der Waals surface area (Å²) in [5, 5.41) is 7.76. The summed E-state index contributed by atoms with van der Waals surface area (Å²) in [7, 11) is 2.06. The molecule has 1 N–H and O–H groups in total. The Morgan fingerprint density at radius 3 is 2.96 bits per heavy atom. The second-order valence-electron chi connectivity index (χ2n) is 6.05. The van der Waals surface area contributed by atoms with Crippen molar-refractivity contribution in [3.63, 3.8) is 0 Å². The van der Waals surface area contributed by atoms with Crippen molar-refractivity contribution in [3.05, 3.63) is 16.6 Å². The highest BCUT2D eigenvalue weighted by Gasteiger charge is 2.30. The molecule has 122 valence electrons. The molecule has 1 unspecified atom stereocenters. The number of hydrogen-bond acceptors (Lipinski definition) is 6. The van der Waals surface area contributed by atoms with E-state index in [2.05, 4.69) is 27.1 Å². The van der Waals surface area contributed by atoms with Crippen LogP contribution in [0.1, 0.15) is 12.5 Å². The number of aromatic nitrogens is 4. The van der Waals surface area contributed by atoms with Gasteiger partial charge in [-0.1, -0.05) is 11.8 Å². The Morgan fingerprint density at radius 1 is 1.39 bits per heavy atom. The number of likely N-dealkylation sites (N-methyl/N-ethyl adjacent to an activating group) is 1. The first kappa shape index (κ1) is 14.7. The summed E-state index contributed by atoms with van der Waals surface area (Å²) in [6.45, 7) is 3.32. The van der Waals surface area contributed by atoms with Gasteiger partial charge in [0.15, 0.2) is 10.8 Å². The second-order valence-corrected chi connectivity index (χ2v) is 7.04. The Bertz CT molecular complexity index is 807. The van der Waals surface area contributed by atoms with E-state index in [1.54, 1.807) is 4.57 Å². The molecule has 23 heavy (non-hydrogen) atoms. The van der Waals surface area contributed by atoms with E-state index in [-0.39, 0.29) is 17.5 Å². The van der Waals surface area contributed by atoms with Crippen LogP contribution in [0.15, 0.2) is 16.1 Å². The quantitative estimate of drug-likeness (QED) is 0.774. The van der Waals surface area contributed by atoms with Crippen LogP contribution in [0.5, 0.6) is 0 Å². The molecule has 1 saturated heterocycles. The highest BCUT2D eigenvalue weighted by atomic mass is 32.2. The third-order valence-electron chi connectivity index (χ3n) is 4.52. The number of amides is 1. The molecule has 2 aromatic heterocycles. The number of carbonyl (C=O) groups is 1. The molecule has 1 fully saturated rings. The van der Waals surface area contributed by atoms with Crippen molar-refractivity contribution < 1.29 is 4.79 Å². The minimum absolute atomic E-state index is 0.111. The Kier molecular flexibility index (Phi) is 3.61. The molecule has 4 heterocycles. The Balaban J connectivity index is 1.56. The van der Waals surface area contributed by atoms with Gasteiger partial charge in [-0.2, -0.15) is 5.10 Å². The SMILES string of the molecule is CN1CCN(C(=O)CC2CSc3nc4[nH]ncc4c(=O)n32)CC1. The molecular weight excluding hydrogens is 316 g/mol. The second kappa shape index (κ2) is 5.64. The molecule has 8 nitrogen and oxygen atoms in total. The molecule has 2 aliphatic rings. The molecule has 1 atom stereocenters. The lowest BCUT2D eigenvalue weighted by Gasteiger charge is -2.33. The van der Waals surface area contributed by atoms with E-state index < -0.39 is 0 Å². The maximum absolute atomic E-state index is 12.6. The summed E-state index contributed by atoms with van der Waals surface area (Å²) >= 11 is 1.52. The van der Waals surface area contributed by atoms with E-state index in [1.807, 2.05) is 4.90 Å².